The van der Waals surface area contributed by atoms with Crippen molar-refractivity contribution in [3.05, 3.63) is 164 Å². The minimum atomic E-state index is -4.02. The van der Waals surface area contributed by atoms with Crippen LogP contribution in [0.2, 0.25) is 10.1 Å². The van der Waals surface area contributed by atoms with Gasteiger partial charge in [-0.15, -0.1) is 0 Å². The maximum Gasteiger partial charge on any atom is 0.394 e. The SMILES string of the molecule is CC(=O)O[C@H]1CC[C@]2(C)C3[C@@H](O)c4c(cc(-c5cccnc5)oc4=O)O[C@]3(C)[C@@H](OC(=O)c3ccc(C#N)cc3)CC2[C@]1(C)C(=O)O.CC(C)(C)[Si](F)(O[C@H]1CC[C@@]2(C)C(C[C@H](OC(=O)c3ccc(C#N)cc3)[C@@]3(C)Oc4cc(-c5cccnc5)oc(=O)c4[C@H](O)C23)[C@]1(C)CO)C(C)(C)C. The molecule has 22 nitrogen and oxygen atoms in total. The van der Waals surface area contributed by atoms with E-state index in [2.05, 4.69) is 9.97 Å². The van der Waals surface area contributed by atoms with Gasteiger partial charge in [0.1, 0.15) is 69.1 Å². The van der Waals surface area contributed by atoms with Crippen molar-refractivity contribution in [3.63, 3.8) is 0 Å². The van der Waals surface area contributed by atoms with Gasteiger partial charge in [0.25, 0.3) is 0 Å². The van der Waals surface area contributed by atoms with Gasteiger partial charge in [-0.3, -0.25) is 23.7 Å². The van der Waals surface area contributed by atoms with Crippen LogP contribution >= 0.6 is 0 Å². The molecule has 0 spiro atoms. The number of carboxylic acids is 1. The minimum Gasteiger partial charge on any atom is -0.482 e. The standard InChI is InChI=1S/C41H51FN2O8Si.C35H34N2O10/c1-37(2,3)53(42,38(4,5)6)52-30-16-17-39(7)29(40(30,8)23-45)20-31(50-35(47)25-14-12-24(21-43)13-15-25)41(9)34(39)33(46)32-28(51-41)19-27(49-36(32)48)26-11-10-18-44-22-26;1-18(38)44-25-11-12-33(2)24(34(25,3)32(42)43)15-26(46-30(40)20-9-7-19(16-36)8-10-20)35(4)29(33)28(39)27-23(47-35)14-22(45-31(27)41)21-6-5-13-37-17-21/h10-15,18-19,22,29-31,33-34,45-46H,16-17,20,23H2,1-9H3;5-10,13-14,17,24-26,28-29,39H,11-12,15H2,1-4H3,(H,42,43)/t29?,30-,31-,33-,34?,39-,40-,41+;24?,25-,26-,28-,29?,33-,34-,35+/m00/s1. The Balaban J connectivity index is 0.000000203. The first-order valence-corrected chi connectivity index (χ1v) is 35.4. The van der Waals surface area contributed by atoms with Gasteiger partial charge < -0.3 is 57.4 Å². The van der Waals surface area contributed by atoms with E-state index >= 15 is 4.11 Å². The number of rotatable bonds is 11. The van der Waals surface area contributed by atoms with Gasteiger partial charge in [0.05, 0.1) is 59.3 Å². The number of aliphatic carboxylic acids is 1. The monoisotopic (exact) mass is 1390 g/mol. The van der Waals surface area contributed by atoms with Crippen LogP contribution in [0.1, 0.15) is 184 Å². The molecule has 12 rings (SSSR count). The van der Waals surface area contributed by atoms with Crippen molar-refractivity contribution in [2.75, 3.05) is 6.61 Å². The first-order valence-electron chi connectivity index (χ1n) is 33.6. The number of aliphatic hydroxyl groups is 3. The molecule has 2 aliphatic heterocycles. The number of aromatic nitrogens is 2. The van der Waals surface area contributed by atoms with Gasteiger partial charge in [-0.05, 0) is 155 Å². The summed E-state index contributed by atoms with van der Waals surface area (Å²) >= 11 is 0. The quantitative estimate of drug-likeness (QED) is 0.0405. The molecule has 16 atom stereocenters. The number of pyridine rings is 2. The number of nitriles is 2. The normalized spacial score (nSPS) is 31.8. The van der Waals surface area contributed by atoms with Gasteiger partial charge in [-0.25, -0.2) is 19.2 Å². The Morgan fingerprint density at radius 3 is 1.41 bits per heavy atom. The molecule has 0 saturated heterocycles. The van der Waals surface area contributed by atoms with Gasteiger partial charge in [-0.2, -0.15) is 10.5 Å². The zero-order valence-electron chi connectivity index (χ0n) is 58.3. The Bertz CT molecular complexity index is 4360. The summed E-state index contributed by atoms with van der Waals surface area (Å²) in [7, 11) is -4.02. The zero-order valence-corrected chi connectivity index (χ0v) is 59.3. The molecule has 4 N–H and O–H groups in total. The smallest absolute Gasteiger partial charge is 0.394 e. The molecule has 2 aromatic carbocycles. The maximum absolute atomic E-state index is 17.5. The number of benzene rings is 2. The molecule has 4 aliphatic carbocycles. The van der Waals surface area contributed by atoms with Crippen molar-refractivity contribution >= 4 is 32.5 Å². The van der Waals surface area contributed by atoms with Crippen LogP contribution in [0.15, 0.2) is 128 Å². The number of esters is 3. The molecule has 4 aromatic heterocycles. The van der Waals surface area contributed by atoms with Crippen molar-refractivity contribution < 1.29 is 80.7 Å². The average molecular weight is 1390 g/mol. The van der Waals surface area contributed by atoms with Crippen molar-refractivity contribution in [3.8, 4) is 46.3 Å². The van der Waals surface area contributed by atoms with Crippen molar-refractivity contribution in [1.29, 1.82) is 10.5 Å². The highest BCUT2D eigenvalue weighted by molar-refractivity contribution is 6.72. The summed E-state index contributed by atoms with van der Waals surface area (Å²) in [5.74, 6) is -5.87. The molecule has 528 valence electrons. The number of fused-ring (bicyclic) bond motifs is 8. The van der Waals surface area contributed by atoms with Crippen LogP contribution in [0.3, 0.4) is 0 Å². The molecule has 24 heteroatoms. The van der Waals surface area contributed by atoms with Crippen molar-refractivity contribution in [2.24, 2.45) is 45.3 Å². The van der Waals surface area contributed by atoms with Gasteiger partial charge in [0.2, 0.25) is 0 Å². The summed E-state index contributed by atoms with van der Waals surface area (Å²) in [6, 6.07) is 25.8. The predicted molar refractivity (Wildman–Crippen MR) is 361 cm³/mol. The van der Waals surface area contributed by atoms with Gasteiger partial charge in [0, 0.05) is 82.3 Å². The summed E-state index contributed by atoms with van der Waals surface area (Å²) in [4.78, 5) is 88.2. The number of ether oxygens (including phenoxy) is 5. The second-order valence-corrected chi connectivity index (χ2v) is 35.6. The Labute approximate surface area is 579 Å². The summed E-state index contributed by atoms with van der Waals surface area (Å²) in [5.41, 5.74) is -7.03. The van der Waals surface area contributed by atoms with E-state index < -0.39 is 147 Å². The van der Waals surface area contributed by atoms with E-state index in [0.717, 1.165) is 0 Å². The average Bonchev–Trinajstić information content (AvgIpc) is 0.688. The van der Waals surface area contributed by atoms with E-state index in [-0.39, 0.29) is 71.1 Å². The molecule has 4 fully saturated rings. The number of carbonyl (C=O) groups excluding carboxylic acids is 3. The summed E-state index contributed by atoms with van der Waals surface area (Å²) in [6.07, 6.45) is 0.941. The highest BCUT2D eigenvalue weighted by atomic mass is 28.4. The largest absolute Gasteiger partial charge is 0.482 e. The summed E-state index contributed by atoms with van der Waals surface area (Å²) in [5, 5.41) is 63.6. The fourth-order valence-electron chi connectivity index (χ4n) is 18.4. The summed E-state index contributed by atoms with van der Waals surface area (Å²) < 4.78 is 67.1. The van der Waals surface area contributed by atoms with Crippen molar-refractivity contribution in [2.45, 2.75) is 186 Å². The van der Waals surface area contributed by atoms with E-state index in [0.29, 0.717) is 41.5 Å². The second-order valence-electron chi connectivity index (χ2n) is 31.1. The summed E-state index contributed by atoms with van der Waals surface area (Å²) in [6.45, 7) is 22.7. The van der Waals surface area contributed by atoms with E-state index in [9.17, 15) is 59.7 Å². The predicted octanol–water partition coefficient (Wildman–Crippen LogP) is 12.3. The van der Waals surface area contributed by atoms with E-state index in [1.54, 1.807) is 62.8 Å². The first-order chi connectivity index (χ1) is 46.9. The zero-order chi connectivity index (χ0) is 72.8. The van der Waals surface area contributed by atoms with E-state index in [1.807, 2.05) is 74.5 Å². The number of aliphatic hydroxyl groups excluding tert-OH is 3. The number of hydrogen-bond acceptors (Lipinski definition) is 21. The minimum absolute atomic E-state index is 0.0228. The lowest BCUT2D eigenvalue weighted by Gasteiger charge is -2.67. The van der Waals surface area contributed by atoms with Gasteiger partial charge in [-0.1, -0.05) is 62.3 Å². The van der Waals surface area contributed by atoms with Crippen LogP contribution in [0.5, 0.6) is 11.5 Å². The molecule has 0 radical (unpaired) electrons. The van der Waals surface area contributed by atoms with Crippen LogP contribution in [0.4, 0.5) is 4.11 Å². The lowest BCUT2D eigenvalue weighted by molar-refractivity contribution is -0.263. The fraction of sp³-hybridized carbons (Fsp3) is 0.500. The third kappa shape index (κ3) is 11.9. The molecular weight excluding hydrogens is 1300 g/mol. The highest BCUT2D eigenvalue weighted by Gasteiger charge is 2.74. The highest BCUT2D eigenvalue weighted by Crippen LogP contribution is 2.70. The third-order valence-corrected chi connectivity index (χ3v) is 27.7. The number of carbonyl (C=O) groups is 4. The van der Waals surface area contributed by atoms with Gasteiger partial charge >= 0.3 is 43.8 Å². The third-order valence-electron chi connectivity index (χ3n) is 23.3. The molecule has 6 aromatic rings. The van der Waals surface area contributed by atoms with E-state index in [4.69, 9.17) is 36.9 Å². The molecule has 6 aliphatic rings. The van der Waals surface area contributed by atoms with Gasteiger partial charge in [0.15, 0.2) is 0 Å². The lowest BCUT2D eigenvalue weighted by Crippen LogP contribution is -2.72. The molecule has 4 saturated carbocycles. The molecule has 6 heterocycles. The lowest BCUT2D eigenvalue weighted by atomic mass is 9.42. The Morgan fingerprint density at radius 1 is 0.630 bits per heavy atom. The van der Waals surface area contributed by atoms with Crippen LogP contribution in [-0.2, 0) is 28.2 Å². The number of carboxylic acid groups (broad SMARTS) is 1. The van der Waals surface area contributed by atoms with Crippen molar-refractivity contribution in [1.82, 2.24) is 9.97 Å². The van der Waals surface area contributed by atoms with Crippen LogP contribution in [0.25, 0.3) is 22.6 Å². The molecule has 0 amide bonds. The van der Waals surface area contributed by atoms with Crippen LogP contribution < -0.4 is 20.7 Å². The fourth-order valence-corrected chi connectivity index (χ4v) is 22.1. The topological polar surface area (TPSA) is 338 Å². The molecule has 100 heavy (non-hydrogen) atoms. The number of halogens is 1. The molecule has 4 unspecified atom stereocenters. The maximum atomic E-state index is 17.5. The van der Waals surface area contributed by atoms with E-state index in [1.165, 1.54) is 74.6 Å². The Hall–Kier alpha value is -8.91. The first kappa shape index (κ1) is 72.3. The molecular formula is C76H85FN4O18Si. The Morgan fingerprint density at radius 2 is 1.04 bits per heavy atom. The van der Waals surface area contributed by atoms with Crippen LogP contribution in [0, 0.1) is 68.0 Å². The Kier molecular flexibility index (Phi) is 18.8. The second kappa shape index (κ2) is 25.9. The molecule has 0 bridgehead atoms. The number of hydrogen-bond donors (Lipinski definition) is 4. The van der Waals surface area contributed by atoms with Crippen LogP contribution in [-0.4, -0.2) is 105 Å². The number of nitrogens with zero attached hydrogens (tertiary/aromatic N) is 4.